The molecule has 2 N–H and O–H groups in total. The molecular weight excluding hydrogens is 156 g/mol. The highest BCUT2D eigenvalue weighted by Crippen LogP contribution is 1.98. The van der Waals surface area contributed by atoms with Gasteiger partial charge in [0.05, 0.1) is 6.20 Å². The number of rotatable bonds is 1. The molecule has 6 nitrogen and oxygen atoms in total. The molecule has 0 aromatic carbocycles. The van der Waals surface area contributed by atoms with E-state index < -0.39 is 0 Å². The fourth-order valence-electron chi connectivity index (χ4n) is 0.796. The lowest BCUT2D eigenvalue weighted by atomic mass is 10.7. The third kappa shape index (κ3) is 1.09. The number of anilines is 1. The van der Waals surface area contributed by atoms with Gasteiger partial charge in [-0.3, -0.25) is 4.98 Å². The molecule has 0 spiro atoms. The summed E-state index contributed by atoms with van der Waals surface area (Å²) in [6.45, 7) is 0. The van der Waals surface area contributed by atoms with Crippen molar-refractivity contribution in [3.05, 3.63) is 24.9 Å². The molecule has 2 aromatic rings. The van der Waals surface area contributed by atoms with Gasteiger partial charge < -0.3 is 5.73 Å². The van der Waals surface area contributed by atoms with Crippen LogP contribution in [-0.4, -0.2) is 24.7 Å². The Labute approximate surface area is 68.1 Å². The molecule has 0 radical (unpaired) electrons. The van der Waals surface area contributed by atoms with Gasteiger partial charge in [-0.25, -0.2) is 9.97 Å². The van der Waals surface area contributed by atoms with Crippen molar-refractivity contribution in [1.29, 1.82) is 0 Å². The molecule has 0 unspecified atom stereocenters. The zero-order valence-corrected chi connectivity index (χ0v) is 6.12. The first kappa shape index (κ1) is 6.71. The van der Waals surface area contributed by atoms with Gasteiger partial charge in [0.2, 0.25) is 5.95 Å². The molecule has 0 fully saturated rings. The molecular formula is C6H6N6. The zero-order chi connectivity index (χ0) is 8.39. The summed E-state index contributed by atoms with van der Waals surface area (Å²) in [5, 5.41) is 3.86. The molecule has 0 aliphatic rings. The number of hydrogen-bond donors (Lipinski definition) is 1. The second-order valence-corrected chi connectivity index (χ2v) is 2.11. The van der Waals surface area contributed by atoms with Gasteiger partial charge in [-0.15, -0.1) is 5.10 Å². The molecule has 60 valence electrons. The Morgan fingerprint density at radius 1 is 1.25 bits per heavy atom. The molecule has 12 heavy (non-hydrogen) atoms. The average molecular weight is 162 g/mol. The molecule has 0 atom stereocenters. The number of aromatic nitrogens is 5. The van der Waals surface area contributed by atoms with Crippen molar-refractivity contribution < 1.29 is 0 Å². The van der Waals surface area contributed by atoms with Crippen LogP contribution in [0.15, 0.2) is 24.9 Å². The minimum absolute atomic E-state index is 0.223. The normalized spacial score (nSPS) is 10.0. The summed E-state index contributed by atoms with van der Waals surface area (Å²) in [5.74, 6) is 0.822. The van der Waals surface area contributed by atoms with Crippen molar-refractivity contribution in [2.75, 3.05) is 5.73 Å². The van der Waals surface area contributed by atoms with Gasteiger partial charge in [0.25, 0.3) is 0 Å². The van der Waals surface area contributed by atoms with Crippen LogP contribution in [0, 0.1) is 0 Å². The topological polar surface area (TPSA) is 82.5 Å². The first-order valence-corrected chi connectivity index (χ1v) is 3.30. The summed E-state index contributed by atoms with van der Waals surface area (Å²) in [4.78, 5) is 11.6. The third-order valence-corrected chi connectivity index (χ3v) is 1.29. The molecule has 0 saturated heterocycles. The van der Waals surface area contributed by atoms with Crippen LogP contribution in [0.4, 0.5) is 5.95 Å². The maximum Gasteiger partial charge on any atom is 0.239 e. The molecule has 0 aliphatic heterocycles. The first-order valence-electron chi connectivity index (χ1n) is 3.30. The van der Waals surface area contributed by atoms with Crippen molar-refractivity contribution in [3.8, 4) is 5.82 Å². The summed E-state index contributed by atoms with van der Waals surface area (Å²) >= 11 is 0. The van der Waals surface area contributed by atoms with Crippen LogP contribution in [0.25, 0.3) is 5.82 Å². The summed E-state index contributed by atoms with van der Waals surface area (Å²) in [6, 6.07) is 0. The quantitative estimate of drug-likeness (QED) is 0.619. The Hall–Kier alpha value is -1.98. The van der Waals surface area contributed by atoms with E-state index in [0.29, 0.717) is 5.82 Å². The van der Waals surface area contributed by atoms with Crippen molar-refractivity contribution in [2.24, 2.45) is 0 Å². The third-order valence-electron chi connectivity index (χ3n) is 1.29. The molecule has 6 heteroatoms. The maximum absolute atomic E-state index is 5.32. The van der Waals surface area contributed by atoms with Gasteiger partial charge in [-0.2, -0.15) is 4.68 Å². The van der Waals surface area contributed by atoms with Crippen molar-refractivity contribution in [3.63, 3.8) is 0 Å². The van der Waals surface area contributed by atoms with Gasteiger partial charge in [0.15, 0.2) is 5.82 Å². The van der Waals surface area contributed by atoms with Crippen LogP contribution in [0.2, 0.25) is 0 Å². The van der Waals surface area contributed by atoms with E-state index in [1.807, 2.05) is 0 Å². The molecule has 0 saturated carbocycles. The van der Waals surface area contributed by atoms with E-state index in [4.69, 9.17) is 5.73 Å². The van der Waals surface area contributed by atoms with Crippen molar-refractivity contribution >= 4 is 5.95 Å². The Morgan fingerprint density at radius 2 is 2.17 bits per heavy atom. The number of nitrogens with zero attached hydrogens (tertiary/aromatic N) is 5. The van der Waals surface area contributed by atoms with E-state index in [-0.39, 0.29) is 5.95 Å². The molecule has 2 aromatic heterocycles. The number of nitrogen functional groups attached to an aromatic ring is 1. The van der Waals surface area contributed by atoms with E-state index in [2.05, 4.69) is 20.1 Å². The van der Waals surface area contributed by atoms with Crippen LogP contribution >= 0.6 is 0 Å². The lowest BCUT2D eigenvalue weighted by Crippen LogP contribution is -1.98. The average Bonchev–Trinajstić information content (AvgIpc) is 2.54. The van der Waals surface area contributed by atoms with E-state index >= 15 is 0 Å². The fraction of sp³-hybridized carbons (Fsp3) is 0. The summed E-state index contributed by atoms with van der Waals surface area (Å²) in [7, 11) is 0. The Kier molecular flexibility index (Phi) is 1.44. The van der Waals surface area contributed by atoms with Gasteiger partial charge >= 0.3 is 0 Å². The van der Waals surface area contributed by atoms with Crippen LogP contribution < -0.4 is 5.73 Å². The predicted molar refractivity (Wildman–Crippen MR) is 41.4 cm³/mol. The SMILES string of the molecule is Nc1ncn(-c2cnccn2)n1. The fourth-order valence-corrected chi connectivity index (χ4v) is 0.796. The van der Waals surface area contributed by atoms with Crippen molar-refractivity contribution in [2.45, 2.75) is 0 Å². The highest BCUT2D eigenvalue weighted by Gasteiger charge is 1.98. The summed E-state index contributed by atoms with van der Waals surface area (Å²) < 4.78 is 1.46. The second kappa shape index (κ2) is 2.57. The van der Waals surface area contributed by atoms with Crippen LogP contribution in [0.3, 0.4) is 0 Å². The van der Waals surface area contributed by atoms with Crippen LogP contribution in [0.5, 0.6) is 0 Å². The highest BCUT2D eigenvalue weighted by atomic mass is 15.4. The second-order valence-electron chi connectivity index (χ2n) is 2.11. The largest absolute Gasteiger partial charge is 0.366 e. The van der Waals surface area contributed by atoms with E-state index in [9.17, 15) is 0 Å². The standard InChI is InChI=1S/C6H6N6/c7-6-10-4-12(11-6)5-3-8-1-2-9-5/h1-4H,(H2,7,11). The molecule has 2 heterocycles. The molecule has 0 amide bonds. The van der Waals surface area contributed by atoms with Gasteiger partial charge in [-0.05, 0) is 0 Å². The van der Waals surface area contributed by atoms with Gasteiger partial charge in [-0.1, -0.05) is 0 Å². The van der Waals surface area contributed by atoms with Crippen LogP contribution in [-0.2, 0) is 0 Å². The molecule has 2 rings (SSSR count). The summed E-state index contributed by atoms with van der Waals surface area (Å²) in [6.07, 6.45) is 6.23. The monoisotopic (exact) mass is 162 g/mol. The van der Waals surface area contributed by atoms with Gasteiger partial charge in [0, 0.05) is 12.4 Å². The highest BCUT2D eigenvalue weighted by molar-refractivity contribution is 5.19. The van der Waals surface area contributed by atoms with Crippen molar-refractivity contribution in [1.82, 2.24) is 24.7 Å². The number of hydrogen-bond acceptors (Lipinski definition) is 5. The minimum Gasteiger partial charge on any atom is -0.366 e. The minimum atomic E-state index is 0.223. The van der Waals surface area contributed by atoms with Crippen LogP contribution in [0.1, 0.15) is 0 Å². The van der Waals surface area contributed by atoms with E-state index in [0.717, 1.165) is 0 Å². The maximum atomic E-state index is 5.32. The van der Waals surface area contributed by atoms with Gasteiger partial charge in [0.1, 0.15) is 6.33 Å². The number of nitrogens with two attached hydrogens (primary N) is 1. The predicted octanol–water partition coefficient (Wildman–Crippen LogP) is -0.361. The summed E-state index contributed by atoms with van der Waals surface area (Å²) in [5.41, 5.74) is 5.32. The Morgan fingerprint density at radius 3 is 2.75 bits per heavy atom. The molecule has 0 bridgehead atoms. The lowest BCUT2D eigenvalue weighted by molar-refractivity contribution is 0.840. The Balaban J connectivity index is 2.45. The van der Waals surface area contributed by atoms with E-state index in [1.54, 1.807) is 18.6 Å². The first-order chi connectivity index (χ1) is 5.86. The molecule has 0 aliphatic carbocycles. The smallest absolute Gasteiger partial charge is 0.239 e. The lowest BCUT2D eigenvalue weighted by Gasteiger charge is -1.94. The zero-order valence-electron chi connectivity index (χ0n) is 6.12. The Bertz CT molecular complexity index is 367. The van der Waals surface area contributed by atoms with E-state index in [1.165, 1.54) is 11.0 Å².